The highest BCUT2D eigenvalue weighted by atomic mass is 35.5. The van der Waals surface area contributed by atoms with Crippen LogP contribution in [-0.4, -0.2) is 47.3 Å². The predicted octanol–water partition coefficient (Wildman–Crippen LogP) is 3.76. The van der Waals surface area contributed by atoms with Crippen molar-refractivity contribution in [2.45, 2.75) is 31.4 Å². The van der Waals surface area contributed by atoms with Crippen molar-refractivity contribution in [1.82, 2.24) is 18.8 Å². The highest BCUT2D eigenvalue weighted by Crippen LogP contribution is 2.24. The van der Waals surface area contributed by atoms with Crippen LogP contribution in [0.2, 0.25) is 10.2 Å². The van der Waals surface area contributed by atoms with Crippen molar-refractivity contribution in [2.24, 2.45) is 0 Å². The number of hydrogen-bond acceptors (Lipinski definition) is 6. The summed E-state index contributed by atoms with van der Waals surface area (Å²) in [6.07, 6.45) is 0.811. The first-order chi connectivity index (χ1) is 14.1. The van der Waals surface area contributed by atoms with Crippen LogP contribution in [0.1, 0.15) is 29.7 Å². The van der Waals surface area contributed by atoms with Gasteiger partial charge in [-0.25, -0.2) is 27.5 Å². The quantitative estimate of drug-likeness (QED) is 0.385. The SMILES string of the molecule is CCCn1c(COC(=O)c2nc(Cl)ccc2Cl)nc2cc(S(=O)(=O)N(C)C)ccc21. The fourth-order valence-corrected chi connectivity index (χ4v) is 4.13. The van der Waals surface area contributed by atoms with E-state index in [1.807, 2.05) is 11.5 Å². The van der Waals surface area contributed by atoms with Crippen molar-refractivity contribution in [1.29, 1.82) is 0 Å². The van der Waals surface area contributed by atoms with E-state index in [9.17, 15) is 13.2 Å². The summed E-state index contributed by atoms with van der Waals surface area (Å²) in [5, 5.41) is 0.254. The Balaban J connectivity index is 1.93. The molecule has 0 amide bonds. The molecule has 0 radical (unpaired) electrons. The van der Waals surface area contributed by atoms with Crippen molar-refractivity contribution < 1.29 is 17.9 Å². The molecule has 11 heteroatoms. The summed E-state index contributed by atoms with van der Waals surface area (Å²) in [4.78, 5) is 20.9. The number of halogens is 2. The lowest BCUT2D eigenvalue weighted by Gasteiger charge is -2.11. The topological polar surface area (TPSA) is 94.4 Å². The number of ether oxygens (including phenoxy) is 1. The number of hydrogen-bond donors (Lipinski definition) is 0. The molecule has 1 aromatic carbocycles. The van der Waals surface area contributed by atoms with Crippen molar-refractivity contribution in [3.63, 3.8) is 0 Å². The minimum absolute atomic E-state index is 0.0818. The van der Waals surface area contributed by atoms with Crippen molar-refractivity contribution >= 4 is 50.2 Å². The number of pyridine rings is 1. The maximum absolute atomic E-state index is 12.4. The molecule has 0 fully saturated rings. The number of sulfonamides is 1. The summed E-state index contributed by atoms with van der Waals surface area (Å²) < 4.78 is 33.2. The van der Waals surface area contributed by atoms with Crippen LogP contribution in [0.15, 0.2) is 35.2 Å². The number of benzene rings is 1. The third-order valence-electron chi connectivity index (χ3n) is 4.36. The lowest BCUT2D eigenvalue weighted by molar-refractivity contribution is 0.0451. The maximum atomic E-state index is 12.4. The number of nitrogens with zero attached hydrogens (tertiary/aromatic N) is 4. The van der Waals surface area contributed by atoms with Crippen LogP contribution < -0.4 is 0 Å². The Morgan fingerprint density at radius 2 is 1.90 bits per heavy atom. The first-order valence-electron chi connectivity index (χ1n) is 9.06. The molecular weight excluding hydrogens is 451 g/mol. The second-order valence-corrected chi connectivity index (χ2v) is 9.60. The van der Waals surface area contributed by atoms with Crippen LogP contribution in [0.5, 0.6) is 0 Å². The van der Waals surface area contributed by atoms with E-state index in [1.54, 1.807) is 6.07 Å². The number of aromatic nitrogens is 3. The lowest BCUT2D eigenvalue weighted by atomic mass is 10.3. The van der Waals surface area contributed by atoms with Crippen LogP contribution in [0.25, 0.3) is 11.0 Å². The van der Waals surface area contributed by atoms with E-state index in [0.717, 1.165) is 16.2 Å². The summed E-state index contributed by atoms with van der Waals surface area (Å²) in [5.74, 6) is -0.244. The monoisotopic (exact) mass is 470 g/mol. The number of rotatable bonds is 7. The van der Waals surface area contributed by atoms with Gasteiger partial charge < -0.3 is 9.30 Å². The summed E-state index contributed by atoms with van der Waals surface area (Å²) >= 11 is 11.8. The molecule has 0 spiro atoms. The second-order valence-electron chi connectivity index (χ2n) is 6.66. The molecule has 0 aliphatic heterocycles. The Bertz CT molecular complexity index is 1210. The Labute approximate surface area is 184 Å². The minimum atomic E-state index is -3.59. The molecule has 8 nitrogen and oxygen atoms in total. The number of aryl methyl sites for hydroxylation is 1. The van der Waals surface area contributed by atoms with Gasteiger partial charge in [-0.05, 0) is 36.8 Å². The number of carbonyl (C=O) groups excluding carboxylic acids is 1. The van der Waals surface area contributed by atoms with Gasteiger partial charge in [-0.3, -0.25) is 0 Å². The maximum Gasteiger partial charge on any atom is 0.358 e. The molecule has 0 saturated heterocycles. The first kappa shape index (κ1) is 22.5. The second kappa shape index (κ2) is 8.89. The Kier molecular flexibility index (Phi) is 6.66. The molecule has 0 saturated carbocycles. The molecular formula is C19H20Cl2N4O4S. The molecule has 0 unspecified atom stereocenters. The zero-order valence-electron chi connectivity index (χ0n) is 16.6. The normalized spacial score (nSPS) is 11.9. The zero-order chi connectivity index (χ0) is 22.1. The highest BCUT2D eigenvalue weighted by Gasteiger charge is 2.21. The average Bonchev–Trinajstić information content (AvgIpc) is 3.05. The van der Waals surface area contributed by atoms with Gasteiger partial charge in [0.1, 0.15) is 17.6 Å². The van der Waals surface area contributed by atoms with E-state index in [0.29, 0.717) is 17.9 Å². The van der Waals surface area contributed by atoms with Crippen molar-refractivity contribution in [3.8, 4) is 0 Å². The fraction of sp³-hybridized carbons (Fsp3) is 0.316. The lowest BCUT2D eigenvalue weighted by Crippen LogP contribution is -2.22. The predicted molar refractivity (Wildman–Crippen MR) is 114 cm³/mol. The summed E-state index contributed by atoms with van der Waals surface area (Å²) in [6, 6.07) is 7.69. The third-order valence-corrected chi connectivity index (χ3v) is 6.69. The zero-order valence-corrected chi connectivity index (χ0v) is 18.9. The van der Waals surface area contributed by atoms with E-state index < -0.39 is 16.0 Å². The van der Waals surface area contributed by atoms with Crippen LogP contribution in [0.3, 0.4) is 0 Å². The number of esters is 1. The molecule has 0 aliphatic rings. The molecule has 0 atom stereocenters. The number of carbonyl (C=O) groups is 1. The van der Waals surface area contributed by atoms with E-state index in [2.05, 4.69) is 9.97 Å². The number of fused-ring (bicyclic) bond motifs is 1. The molecule has 2 aromatic heterocycles. The van der Waals surface area contributed by atoms with Gasteiger partial charge in [0.05, 0.1) is 21.0 Å². The van der Waals surface area contributed by atoms with Gasteiger partial charge in [0.25, 0.3) is 0 Å². The largest absolute Gasteiger partial charge is 0.453 e. The smallest absolute Gasteiger partial charge is 0.358 e. The molecule has 3 rings (SSSR count). The molecule has 0 aliphatic carbocycles. The van der Waals surface area contributed by atoms with Crippen molar-refractivity contribution in [3.05, 3.63) is 52.0 Å². The minimum Gasteiger partial charge on any atom is -0.453 e. The van der Waals surface area contributed by atoms with E-state index in [1.165, 1.54) is 38.4 Å². The molecule has 30 heavy (non-hydrogen) atoms. The number of imidazole rings is 1. The van der Waals surface area contributed by atoms with Crippen LogP contribution in [0.4, 0.5) is 0 Å². The van der Waals surface area contributed by atoms with Gasteiger partial charge in [0.15, 0.2) is 5.69 Å². The third kappa shape index (κ3) is 4.44. The van der Waals surface area contributed by atoms with E-state index in [4.69, 9.17) is 27.9 Å². The molecule has 160 valence electrons. The van der Waals surface area contributed by atoms with E-state index in [-0.39, 0.29) is 27.4 Å². The van der Waals surface area contributed by atoms with Gasteiger partial charge >= 0.3 is 5.97 Å². The van der Waals surface area contributed by atoms with Gasteiger partial charge in [0, 0.05) is 20.6 Å². The van der Waals surface area contributed by atoms with E-state index >= 15 is 0 Å². The van der Waals surface area contributed by atoms with Gasteiger partial charge in [0.2, 0.25) is 10.0 Å². The molecule has 2 heterocycles. The van der Waals surface area contributed by atoms with Gasteiger partial charge in [-0.15, -0.1) is 0 Å². The van der Waals surface area contributed by atoms with Gasteiger partial charge in [-0.1, -0.05) is 30.1 Å². The van der Waals surface area contributed by atoms with Gasteiger partial charge in [-0.2, -0.15) is 0 Å². The van der Waals surface area contributed by atoms with Crippen molar-refractivity contribution in [2.75, 3.05) is 14.1 Å². The van der Waals surface area contributed by atoms with Crippen LogP contribution in [0, 0.1) is 0 Å². The van der Waals surface area contributed by atoms with Crippen LogP contribution in [-0.2, 0) is 27.9 Å². The Hall–Kier alpha value is -2.20. The fourth-order valence-electron chi connectivity index (χ4n) is 2.87. The highest BCUT2D eigenvalue weighted by molar-refractivity contribution is 7.89. The standard InChI is InChI=1S/C19H20Cl2N4O4S/c1-4-9-25-15-7-5-12(30(27,28)24(2)3)10-14(15)22-17(25)11-29-19(26)18-13(20)6-8-16(21)23-18/h5-8,10H,4,9,11H2,1-3H3. The summed E-state index contributed by atoms with van der Waals surface area (Å²) in [6.45, 7) is 2.50. The molecule has 0 bridgehead atoms. The Morgan fingerprint density at radius 3 is 2.57 bits per heavy atom. The summed E-state index contributed by atoms with van der Waals surface area (Å²) in [7, 11) is -0.657. The van der Waals surface area contributed by atoms with Crippen LogP contribution >= 0.6 is 23.2 Å². The Morgan fingerprint density at radius 1 is 1.17 bits per heavy atom. The average molecular weight is 471 g/mol. The summed E-state index contributed by atoms with van der Waals surface area (Å²) in [5.41, 5.74) is 1.16. The molecule has 3 aromatic rings. The molecule has 0 N–H and O–H groups in total. The first-order valence-corrected chi connectivity index (χ1v) is 11.3.